The van der Waals surface area contributed by atoms with Gasteiger partial charge in [0.05, 0.1) is 0 Å². The van der Waals surface area contributed by atoms with Crippen molar-refractivity contribution < 1.29 is 24.1 Å². The van der Waals surface area contributed by atoms with Crippen LogP contribution in [0, 0.1) is 6.92 Å². The summed E-state index contributed by atoms with van der Waals surface area (Å²) in [6.07, 6.45) is -1.86. The lowest BCUT2D eigenvalue weighted by atomic mass is 10.1. The van der Waals surface area contributed by atoms with Gasteiger partial charge in [0.1, 0.15) is 29.9 Å². The second-order valence-electron chi connectivity index (χ2n) is 6.44. The molecule has 0 radical (unpaired) electrons. The first-order chi connectivity index (χ1) is 13.6. The van der Waals surface area contributed by atoms with Crippen LogP contribution in [0.1, 0.15) is 23.9 Å². The molecule has 0 aliphatic carbocycles. The SMILES string of the molecule is CCOC(O)[C@@H](O)Cc1ccc(OCc2nc(-c3ccccc3)oc2C)cc1. The topological polar surface area (TPSA) is 85.0 Å². The Hall–Kier alpha value is -2.67. The number of hydrogen-bond donors (Lipinski definition) is 2. The lowest BCUT2D eigenvalue weighted by molar-refractivity contribution is -0.157. The van der Waals surface area contributed by atoms with E-state index in [1.807, 2.05) is 61.5 Å². The maximum absolute atomic E-state index is 9.93. The number of benzene rings is 2. The molecule has 3 rings (SSSR count). The van der Waals surface area contributed by atoms with Crippen LogP contribution in [0.25, 0.3) is 11.5 Å². The summed E-state index contributed by atoms with van der Waals surface area (Å²) in [7, 11) is 0. The van der Waals surface area contributed by atoms with E-state index in [1.165, 1.54) is 0 Å². The Morgan fingerprint density at radius 3 is 2.43 bits per heavy atom. The Balaban J connectivity index is 1.57. The number of aromatic nitrogens is 1. The maximum Gasteiger partial charge on any atom is 0.226 e. The van der Waals surface area contributed by atoms with E-state index in [0.29, 0.717) is 31.3 Å². The summed E-state index contributed by atoms with van der Waals surface area (Å²) in [5.41, 5.74) is 2.55. The second kappa shape index (κ2) is 9.50. The highest BCUT2D eigenvalue weighted by molar-refractivity contribution is 5.53. The monoisotopic (exact) mass is 383 g/mol. The third-order valence-electron chi connectivity index (χ3n) is 4.32. The molecule has 1 unspecified atom stereocenters. The van der Waals surface area contributed by atoms with Gasteiger partial charge in [-0.05, 0) is 43.7 Å². The molecule has 6 heteroatoms. The van der Waals surface area contributed by atoms with Gasteiger partial charge in [0.2, 0.25) is 5.89 Å². The molecule has 28 heavy (non-hydrogen) atoms. The normalized spacial score (nSPS) is 13.3. The Bertz CT molecular complexity index is 860. The van der Waals surface area contributed by atoms with Crippen molar-refractivity contribution in [1.29, 1.82) is 0 Å². The highest BCUT2D eigenvalue weighted by Gasteiger charge is 2.17. The minimum absolute atomic E-state index is 0.296. The molecule has 0 aliphatic rings. The fourth-order valence-electron chi connectivity index (χ4n) is 2.76. The van der Waals surface area contributed by atoms with Gasteiger partial charge in [-0.3, -0.25) is 0 Å². The van der Waals surface area contributed by atoms with Crippen LogP contribution in [-0.4, -0.2) is 34.2 Å². The summed E-state index contributed by atoms with van der Waals surface area (Å²) in [5.74, 6) is 1.99. The number of oxazole rings is 1. The highest BCUT2D eigenvalue weighted by Crippen LogP contribution is 2.23. The number of rotatable bonds is 9. The molecular weight excluding hydrogens is 358 g/mol. The fraction of sp³-hybridized carbons (Fsp3) is 0.318. The molecule has 0 saturated heterocycles. The largest absolute Gasteiger partial charge is 0.487 e. The van der Waals surface area contributed by atoms with Crippen molar-refractivity contribution in [3.63, 3.8) is 0 Å². The first-order valence-electron chi connectivity index (χ1n) is 9.28. The molecule has 1 heterocycles. The van der Waals surface area contributed by atoms with Crippen LogP contribution in [0.4, 0.5) is 0 Å². The lowest BCUT2D eigenvalue weighted by Crippen LogP contribution is -2.30. The molecular formula is C22H25NO5. The molecule has 2 N–H and O–H groups in total. The molecule has 0 fully saturated rings. The first-order valence-corrected chi connectivity index (χ1v) is 9.28. The minimum Gasteiger partial charge on any atom is -0.487 e. The van der Waals surface area contributed by atoms with Gasteiger partial charge in [-0.1, -0.05) is 30.3 Å². The smallest absolute Gasteiger partial charge is 0.226 e. The maximum atomic E-state index is 9.93. The van der Waals surface area contributed by atoms with Crippen LogP contribution in [0.15, 0.2) is 59.0 Å². The third kappa shape index (κ3) is 5.19. The standard InChI is InChI=1S/C22H25NO5/c1-3-26-22(25)20(24)13-16-9-11-18(12-10-16)27-14-19-15(2)28-21(23-19)17-7-5-4-6-8-17/h4-12,20,22,24-25H,3,13-14H2,1-2H3/t20-,22?/m0/s1. The number of aryl methyl sites for hydroxylation is 1. The average Bonchev–Trinajstić information content (AvgIpc) is 3.09. The average molecular weight is 383 g/mol. The van der Waals surface area contributed by atoms with Crippen LogP contribution in [-0.2, 0) is 17.8 Å². The lowest BCUT2D eigenvalue weighted by Gasteiger charge is -2.17. The van der Waals surface area contributed by atoms with Crippen LogP contribution in [0.3, 0.4) is 0 Å². The van der Waals surface area contributed by atoms with Gasteiger partial charge >= 0.3 is 0 Å². The van der Waals surface area contributed by atoms with Crippen LogP contribution < -0.4 is 4.74 Å². The molecule has 3 aromatic rings. The molecule has 148 valence electrons. The van der Waals surface area contributed by atoms with Crippen LogP contribution in [0.5, 0.6) is 5.75 Å². The summed E-state index contributed by atoms with van der Waals surface area (Å²) in [4.78, 5) is 4.52. The predicted octanol–water partition coefficient (Wildman–Crippen LogP) is 3.49. The van der Waals surface area contributed by atoms with E-state index >= 15 is 0 Å². The summed E-state index contributed by atoms with van der Waals surface area (Å²) in [5, 5.41) is 19.6. The predicted molar refractivity (Wildman–Crippen MR) is 105 cm³/mol. The van der Waals surface area contributed by atoms with Gasteiger partial charge in [0.15, 0.2) is 6.29 Å². The Morgan fingerprint density at radius 1 is 1.04 bits per heavy atom. The van der Waals surface area contributed by atoms with E-state index in [2.05, 4.69) is 4.98 Å². The Labute approximate surface area is 164 Å². The summed E-state index contributed by atoms with van der Waals surface area (Å²) in [6, 6.07) is 17.1. The zero-order valence-corrected chi connectivity index (χ0v) is 16.0. The summed E-state index contributed by atoms with van der Waals surface area (Å²) >= 11 is 0. The van der Waals surface area contributed by atoms with Gasteiger partial charge in [-0.15, -0.1) is 0 Å². The molecule has 0 amide bonds. The zero-order chi connectivity index (χ0) is 19.9. The van der Waals surface area contributed by atoms with E-state index in [0.717, 1.165) is 22.6 Å². The molecule has 0 saturated carbocycles. The quantitative estimate of drug-likeness (QED) is 0.550. The number of ether oxygens (including phenoxy) is 2. The number of aliphatic hydroxyl groups is 2. The van der Waals surface area contributed by atoms with Gasteiger partial charge < -0.3 is 24.1 Å². The van der Waals surface area contributed by atoms with Crippen LogP contribution >= 0.6 is 0 Å². The molecule has 0 bridgehead atoms. The molecule has 1 aromatic heterocycles. The van der Waals surface area contributed by atoms with E-state index in [4.69, 9.17) is 13.9 Å². The van der Waals surface area contributed by atoms with E-state index in [9.17, 15) is 10.2 Å². The van der Waals surface area contributed by atoms with Crippen molar-refractivity contribution in [3.8, 4) is 17.2 Å². The van der Waals surface area contributed by atoms with Crippen molar-refractivity contribution >= 4 is 0 Å². The fourth-order valence-corrected chi connectivity index (χ4v) is 2.76. The van der Waals surface area contributed by atoms with Crippen molar-refractivity contribution in [2.75, 3.05) is 6.61 Å². The Kier molecular flexibility index (Phi) is 6.81. The van der Waals surface area contributed by atoms with E-state index < -0.39 is 12.4 Å². The number of hydrogen-bond acceptors (Lipinski definition) is 6. The number of aliphatic hydroxyl groups excluding tert-OH is 2. The molecule has 2 aromatic carbocycles. The summed E-state index contributed by atoms with van der Waals surface area (Å²) < 4.78 is 16.5. The molecule has 0 spiro atoms. The van der Waals surface area contributed by atoms with Gasteiger partial charge in [-0.25, -0.2) is 4.98 Å². The molecule has 0 aliphatic heterocycles. The Morgan fingerprint density at radius 2 is 1.75 bits per heavy atom. The van der Waals surface area contributed by atoms with Gasteiger partial charge in [0, 0.05) is 18.6 Å². The third-order valence-corrected chi connectivity index (χ3v) is 4.32. The van der Waals surface area contributed by atoms with Crippen molar-refractivity contribution in [2.24, 2.45) is 0 Å². The zero-order valence-electron chi connectivity index (χ0n) is 16.0. The number of nitrogens with zero attached hydrogens (tertiary/aromatic N) is 1. The molecule has 6 nitrogen and oxygen atoms in total. The van der Waals surface area contributed by atoms with Crippen molar-refractivity contribution in [1.82, 2.24) is 4.98 Å². The van der Waals surface area contributed by atoms with Crippen molar-refractivity contribution in [3.05, 3.63) is 71.6 Å². The van der Waals surface area contributed by atoms with E-state index in [1.54, 1.807) is 6.92 Å². The minimum atomic E-state index is -1.19. The first kappa shape index (κ1) is 20.1. The van der Waals surface area contributed by atoms with Gasteiger partial charge in [-0.2, -0.15) is 0 Å². The molecule has 2 atom stereocenters. The van der Waals surface area contributed by atoms with Gasteiger partial charge in [0.25, 0.3) is 0 Å². The second-order valence-corrected chi connectivity index (χ2v) is 6.44. The van der Waals surface area contributed by atoms with Crippen molar-refractivity contribution in [2.45, 2.75) is 39.3 Å². The summed E-state index contributed by atoms with van der Waals surface area (Å²) in [6.45, 7) is 4.28. The highest BCUT2D eigenvalue weighted by atomic mass is 16.6. The van der Waals surface area contributed by atoms with Crippen LogP contribution in [0.2, 0.25) is 0 Å². The van der Waals surface area contributed by atoms with E-state index in [-0.39, 0.29) is 0 Å².